The SMILES string of the molecule is CN(CCC(=O)N(C)CCCN)CC1CCCCC1. The lowest BCUT2D eigenvalue weighted by atomic mass is 9.89. The van der Waals surface area contributed by atoms with Gasteiger partial charge in [0.1, 0.15) is 0 Å². The van der Waals surface area contributed by atoms with E-state index in [9.17, 15) is 4.79 Å². The topological polar surface area (TPSA) is 49.6 Å². The molecule has 112 valence electrons. The smallest absolute Gasteiger partial charge is 0.223 e. The number of nitrogens with zero attached hydrogens (tertiary/aromatic N) is 2. The van der Waals surface area contributed by atoms with Gasteiger partial charge in [-0.05, 0) is 38.8 Å². The Hall–Kier alpha value is -0.610. The molecule has 0 atom stereocenters. The molecule has 0 saturated heterocycles. The molecule has 0 unspecified atom stereocenters. The van der Waals surface area contributed by atoms with Crippen molar-refractivity contribution in [3.63, 3.8) is 0 Å². The van der Waals surface area contributed by atoms with Crippen LogP contribution >= 0.6 is 0 Å². The van der Waals surface area contributed by atoms with Crippen molar-refractivity contribution in [1.82, 2.24) is 9.80 Å². The Morgan fingerprint density at radius 1 is 1.16 bits per heavy atom. The van der Waals surface area contributed by atoms with Crippen LogP contribution < -0.4 is 5.73 Å². The number of carbonyl (C=O) groups excluding carboxylic acids is 1. The molecule has 0 aromatic carbocycles. The Kier molecular flexibility index (Phi) is 8.07. The van der Waals surface area contributed by atoms with Crippen molar-refractivity contribution in [1.29, 1.82) is 0 Å². The normalized spacial score (nSPS) is 16.8. The third-order valence-electron chi connectivity index (χ3n) is 4.13. The van der Waals surface area contributed by atoms with Gasteiger partial charge in [0.25, 0.3) is 0 Å². The molecule has 0 heterocycles. The number of hydrogen-bond donors (Lipinski definition) is 1. The third-order valence-corrected chi connectivity index (χ3v) is 4.13. The maximum Gasteiger partial charge on any atom is 0.223 e. The number of rotatable bonds is 8. The fourth-order valence-corrected chi connectivity index (χ4v) is 2.83. The van der Waals surface area contributed by atoms with Crippen LogP contribution in [0.25, 0.3) is 0 Å². The molecule has 0 aliphatic heterocycles. The van der Waals surface area contributed by atoms with Gasteiger partial charge in [0.2, 0.25) is 5.91 Å². The molecule has 0 spiro atoms. The molecule has 0 bridgehead atoms. The standard InChI is InChI=1S/C15H31N3O/c1-17(13-14-7-4-3-5-8-14)12-9-15(19)18(2)11-6-10-16/h14H,3-13,16H2,1-2H3. The summed E-state index contributed by atoms with van der Waals surface area (Å²) < 4.78 is 0. The summed E-state index contributed by atoms with van der Waals surface area (Å²) in [5, 5.41) is 0. The second kappa shape index (κ2) is 9.32. The molecular formula is C15H31N3O. The molecule has 1 saturated carbocycles. The van der Waals surface area contributed by atoms with Gasteiger partial charge in [-0.1, -0.05) is 19.3 Å². The Balaban J connectivity index is 2.14. The summed E-state index contributed by atoms with van der Waals surface area (Å²) in [6, 6.07) is 0. The summed E-state index contributed by atoms with van der Waals surface area (Å²) in [5.74, 6) is 1.09. The summed E-state index contributed by atoms with van der Waals surface area (Å²) in [5.41, 5.74) is 5.46. The van der Waals surface area contributed by atoms with Crippen molar-refractivity contribution in [2.75, 3.05) is 40.3 Å². The second-order valence-corrected chi connectivity index (χ2v) is 5.97. The average Bonchev–Trinajstić information content (AvgIpc) is 2.43. The van der Waals surface area contributed by atoms with Crippen LogP contribution in [-0.2, 0) is 4.79 Å². The van der Waals surface area contributed by atoms with Gasteiger partial charge in [-0.15, -0.1) is 0 Å². The highest BCUT2D eigenvalue weighted by atomic mass is 16.2. The van der Waals surface area contributed by atoms with Crippen molar-refractivity contribution >= 4 is 5.91 Å². The minimum Gasteiger partial charge on any atom is -0.346 e. The van der Waals surface area contributed by atoms with E-state index < -0.39 is 0 Å². The van der Waals surface area contributed by atoms with E-state index in [0.717, 1.165) is 32.0 Å². The first kappa shape index (κ1) is 16.4. The molecule has 0 aromatic heterocycles. The average molecular weight is 269 g/mol. The maximum atomic E-state index is 11.9. The van der Waals surface area contributed by atoms with Crippen LogP contribution in [0.4, 0.5) is 0 Å². The van der Waals surface area contributed by atoms with Crippen LogP contribution in [0.15, 0.2) is 0 Å². The van der Waals surface area contributed by atoms with Gasteiger partial charge in [0.05, 0.1) is 0 Å². The van der Waals surface area contributed by atoms with Crippen molar-refractivity contribution in [3.05, 3.63) is 0 Å². The molecule has 1 aliphatic carbocycles. The first-order valence-electron chi connectivity index (χ1n) is 7.76. The summed E-state index contributed by atoms with van der Waals surface area (Å²) >= 11 is 0. The van der Waals surface area contributed by atoms with E-state index in [0.29, 0.717) is 13.0 Å². The Morgan fingerprint density at radius 3 is 2.47 bits per heavy atom. The van der Waals surface area contributed by atoms with E-state index in [1.165, 1.54) is 32.1 Å². The van der Waals surface area contributed by atoms with E-state index in [2.05, 4.69) is 11.9 Å². The summed E-state index contributed by atoms with van der Waals surface area (Å²) in [6.07, 6.45) is 8.44. The van der Waals surface area contributed by atoms with E-state index in [4.69, 9.17) is 5.73 Å². The predicted molar refractivity (Wildman–Crippen MR) is 80.0 cm³/mol. The zero-order valence-electron chi connectivity index (χ0n) is 12.7. The van der Waals surface area contributed by atoms with Crippen LogP contribution in [0, 0.1) is 5.92 Å². The van der Waals surface area contributed by atoms with Gasteiger partial charge in [0.15, 0.2) is 0 Å². The maximum absolute atomic E-state index is 11.9. The minimum atomic E-state index is 0.240. The van der Waals surface area contributed by atoms with Gasteiger partial charge >= 0.3 is 0 Å². The summed E-state index contributed by atoms with van der Waals surface area (Å²) in [6.45, 7) is 3.46. The quantitative estimate of drug-likeness (QED) is 0.729. The number of hydrogen-bond acceptors (Lipinski definition) is 3. The van der Waals surface area contributed by atoms with E-state index in [1.54, 1.807) is 4.90 Å². The van der Waals surface area contributed by atoms with Gasteiger partial charge in [-0.2, -0.15) is 0 Å². The van der Waals surface area contributed by atoms with Crippen LogP contribution in [0.3, 0.4) is 0 Å². The van der Waals surface area contributed by atoms with Crippen LogP contribution in [0.1, 0.15) is 44.9 Å². The predicted octanol–water partition coefficient (Wildman–Crippen LogP) is 1.70. The van der Waals surface area contributed by atoms with Crippen LogP contribution in [-0.4, -0.2) is 56.0 Å². The molecule has 19 heavy (non-hydrogen) atoms. The molecule has 1 rings (SSSR count). The highest BCUT2D eigenvalue weighted by Crippen LogP contribution is 2.24. The lowest BCUT2D eigenvalue weighted by Gasteiger charge is -2.27. The monoisotopic (exact) mass is 269 g/mol. The highest BCUT2D eigenvalue weighted by molar-refractivity contribution is 5.76. The molecule has 0 aromatic rings. The van der Waals surface area contributed by atoms with E-state index in [-0.39, 0.29) is 5.91 Å². The Bertz CT molecular complexity index is 252. The van der Waals surface area contributed by atoms with E-state index >= 15 is 0 Å². The Labute approximate surface area is 118 Å². The first-order valence-corrected chi connectivity index (χ1v) is 7.76. The van der Waals surface area contributed by atoms with Gasteiger partial charge in [-0.3, -0.25) is 4.79 Å². The van der Waals surface area contributed by atoms with Crippen molar-refractivity contribution in [2.24, 2.45) is 11.7 Å². The van der Waals surface area contributed by atoms with E-state index in [1.807, 2.05) is 7.05 Å². The first-order chi connectivity index (χ1) is 9.13. The van der Waals surface area contributed by atoms with Crippen LogP contribution in [0.5, 0.6) is 0 Å². The number of nitrogens with two attached hydrogens (primary N) is 1. The van der Waals surface area contributed by atoms with Crippen molar-refractivity contribution in [3.8, 4) is 0 Å². The lowest BCUT2D eigenvalue weighted by molar-refractivity contribution is -0.130. The molecule has 2 N–H and O–H groups in total. The third kappa shape index (κ3) is 6.92. The number of amides is 1. The fourth-order valence-electron chi connectivity index (χ4n) is 2.83. The molecular weight excluding hydrogens is 238 g/mol. The molecule has 0 radical (unpaired) electrons. The molecule has 4 heteroatoms. The zero-order chi connectivity index (χ0) is 14.1. The fraction of sp³-hybridized carbons (Fsp3) is 0.933. The lowest BCUT2D eigenvalue weighted by Crippen LogP contribution is -2.34. The van der Waals surface area contributed by atoms with Crippen molar-refractivity contribution < 1.29 is 4.79 Å². The number of carbonyl (C=O) groups is 1. The Morgan fingerprint density at radius 2 is 1.84 bits per heavy atom. The molecule has 1 fully saturated rings. The van der Waals surface area contributed by atoms with Gasteiger partial charge in [0, 0.05) is 33.1 Å². The molecule has 4 nitrogen and oxygen atoms in total. The minimum absolute atomic E-state index is 0.240. The summed E-state index contributed by atoms with van der Waals surface area (Å²) in [7, 11) is 4.01. The van der Waals surface area contributed by atoms with Crippen LogP contribution in [0.2, 0.25) is 0 Å². The largest absolute Gasteiger partial charge is 0.346 e. The summed E-state index contributed by atoms with van der Waals surface area (Å²) in [4.78, 5) is 16.0. The second-order valence-electron chi connectivity index (χ2n) is 5.97. The highest BCUT2D eigenvalue weighted by Gasteiger charge is 2.16. The zero-order valence-corrected chi connectivity index (χ0v) is 12.7. The van der Waals surface area contributed by atoms with Crippen molar-refractivity contribution in [2.45, 2.75) is 44.9 Å². The molecule has 1 aliphatic rings. The van der Waals surface area contributed by atoms with Gasteiger partial charge in [-0.25, -0.2) is 0 Å². The van der Waals surface area contributed by atoms with Gasteiger partial charge < -0.3 is 15.5 Å². The molecule has 1 amide bonds.